The van der Waals surface area contributed by atoms with E-state index in [2.05, 4.69) is 10.3 Å². The number of H-pyrrole nitrogens is 1. The van der Waals surface area contributed by atoms with E-state index in [1.165, 1.54) is 0 Å². The van der Waals surface area contributed by atoms with Gasteiger partial charge in [0, 0.05) is 27.6 Å². The third kappa shape index (κ3) is 3.65. The van der Waals surface area contributed by atoms with Gasteiger partial charge in [-0.05, 0) is 35.9 Å². The Balaban J connectivity index is 1.97. The predicted octanol–water partition coefficient (Wildman–Crippen LogP) is 5.61. The molecule has 0 spiro atoms. The molecule has 0 radical (unpaired) electrons. The number of anilines is 2. The third-order valence-corrected chi connectivity index (χ3v) is 4.94. The lowest BCUT2D eigenvalue weighted by atomic mass is 9.99. The summed E-state index contributed by atoms with van der Waals surface area (Å²) in [6.07, 6.45) is 0. The molecule has 0 bridgehead atoms. The van der Waals surface area contributed by atoms with Gasteiger partial charge >= 0.3 is 0 Å². The zero-order chi connectivity index (χ0) is 20.4. The molecule has 6 heteroatoms. The standard InChI is InChI=1S/C23H19ClN2O3/c1-28-16-9-11-19(20(13-16)29-2)25-22-21(14-6-4-3-5-7-14)17-12-15(24)8-10-18(17)26-23(22)27/h3-13,25H,1-2H3,(H,26,27). The van der Waals surface area contributed by atoms with E-state index < -0.39 is 0 Å². The van der Waals surface area contributed by atoms with Crippen molar-refractivity contribution in [1.82, 2.24) is 4.98 Å². The molecule has 3 aromatic carbocycles. The number of aromatic nitrogens is 1. The Morgan fingerprint density at radius 2 is 1.72 bits per heavy atom. The Kier molecular flexibility index (Phi) is 5.14. The first-order chi connectivity index (χ1) is 14.1. The maximum absolute atomic E-state index is 13.0. The van der Waals surface area contributed by atoms with Gasteiger partial charge in [-0.2, -0.15) is 0 Å². The van der Waals surface area contributed by atoms with E-state index in [1.807, 2.05) is 48.5 Å². The van der Waals surface area contributed by atoms with E-state index in [0.29, 0.717) is 33.4 Å². The Morgan fingerprint density at radius 1 is 0.931 bits per heavy atom. The minimum atomic E-state index is -0.239. The highest BCUT2D eigenvalue weighted by molar-refractivity contribution is 6.31. The number of halogens is 1. The predicted molar refractivity (Wildman–Crippen MR) is 118 cm³/mol. The summed E-state index contributed by atoms with van der Waals surface area (Å²) in [4.78, 5) is 16.0. The first kappa shape index (κ1) is 18.9. The summed E-state index contributed by atoms with van der Waals surface area (Å²) in [5, 5.41) is 4.69. The second kappa shape index (κ2) is 7.89. The van der Waals surface area contributed by atoms with E-state index >= 15 is 0 Å². The number of rotatable bonds is 5. The van der Waals surface area contributed by atoms with Crippen LogP contribution in [0.4, 0.5) is 11.4 Å². The molecule has 1 aromatic heterocycles. The Labute approximate surface area is 172 Å². The molecule has 29 heavy (non-hydrogen) atoms. The largest absolute Gasteiger partial charge is 0.497 e. The Bertz CT molecular complexity index is 1240. The van der Waals surface area contributed by atoms with Crippen LogP contribution in [0.2, 0.25) is 5.02 Å². The number of ether oxygens (including phenoxy) is 2. The fraction of sp³-hybridized carbons (Fsp3) is 0.0870. The van der Waals surface area contributed by atoms with Crippen molar-refractivity contribution in [3.8, 4) is 22.6 Å². The monoisotopic (exact) mass is 406 g/mol. The molecule has 0 saturated carbocycles. The summed E-state index contributed by atoms with van der Waals surface area (Å²) in [6, 6.07) is 20.5. The van der Waals surface area contributed by atoms with Gasteiger partial charge in [0.1, 0.15) is 17.2 Å². The van der Waals surface area contributed by atoms with Crippen molar-refractivity contribution in [1.29, 1.82) is 0 Å². The maximum atomic E-state index is 13.0. The van der Waals surface area contributed by atoms with Crippen LogP contribution in [0.1, 0.15) is 0 Å². The van der Waals surface area contributed by atoms with Crippen molar-refractivity contribution in [2.45, 2.75) is 0 Å². The average Bonchev–Trinajstić information content (AvgIpc) is 2.75. The number of hydrogen-bond acceptors (Lipinski definition) is 4. The molecule has 0 aliphatic heterocycles. The smallest absolute Gasteiger partial charge is 0.272 e. The molecule has 0 atom stereocenters. The van der Waals surface area contributed by atoms with Gasteiger partial charge in [-0.1, -0.05) is 41.9 Å². The van der Waals surface area contributed by atoms with E-state index in [1.54, 1.807) is 32.4 Å². The third-order valence-electron chi connectivity index (χ3n) is 4.71. The first-order valence-corrected chi connectivity index (χ1v) is 9.38. The van der Waals surface area contributed by atoms with Gasteiger partial charge in [-0.15, -0.1) is 0 Å². The number of nitrogens with one attached hydrogen (secondary N) is 2. The van der Waals surface area contributed by atoms with Crippen LogP contribution in [-0.4, -0.2) is 19.2 Å². The summed E-state index contributed by atoms with van der Waals surface area (Å²) in [6.45, 7) is 0. The van der Waals surface area contributed by atoms with Crippen molar-refractivity contribution in [2.24, 2.45) is 0 Å². The van der Waals surface area contributed by atoms with Crippen LogP contribution >= 0.6 is 11.6 Å². The normalized spacial score (nSPS) is 10.7. The lowest BCUT2D eigenvalue weighted by Crippen LogP contribution is -2.14. The van der Waals surface area contributed by atoms with Crippen molar-refractivity contribution >= 4 is 33.9 Å². The van der Waals surface area contributed by atoms with Gasteiger partial charge in [-0.3, -0.25) is 4.79 Å². The average molecular weight is 407 g/mol. The summed E-state index contributed by atoms with van der Waals surface area (Å²) < 4.78 is 10.7. The molecule has 0 unspecified atom stereocenters. The minimum absolute atomic E-state index is 0.239. The van der Waals surface area contributed by atoms with Crippen LogP contribution in [0.3, 0.4) is 0 Å². The highest BCUT2D eigenvalue weighted by Gasteiger charge is 2.17. The van der Waals surface area contributed by atoms with E-state index in [0.717, 1.165) is 16.5 Å². The number of benzene rings is 3. The molecule has 4 aromatic rings. The Hall–Kier alpha value is -3.44. The van der Waals surface area contributed by atoms with Crippen LogP contribution in [0.5, 0.6) is 11.5 Å². The van der Waals surface area contributed by atoms with Crippen molar-refractivity contribution in [3.05, 3.63) is 82.1 Å². The molecule has 0 aliphatic rings. The molecule has 0 amide bonds. The molecule has 1 heterocycles. The van der Waals surface area contributed by atoms with Crippen LogP contribution in [0, 0.1) is 0 Å². The van der Waals surface area contributed by atoms with Gasteiger partial charge in [0.05, 0.1) is 19.9 Å². The summed E-state index contributed by atoms with van der Waals surface area (Å²) in [5.74, 6) is 1.23. The molecule has 146 valence electrons. The Morgan fingerprint density at radius 3 is 2.45 bits per heavy atom. The van der Waals surface area contributed by atoms with Gasteiger partial charge < -0.3 is 19.8 Å². The quantitative estimate of drug-likeness (QED) is 0.452. The van der Waals surface area contributed by atoms with Gasteiger partial charge in [-0.25, -0.2) is 0 Å². The SMILES string of the molecule is COc1ccc(Nc2c(-c3ccccc3)c3cc(Cl)ccc3[nH]c2=O)c(OC)c1. The highest BCUT2D eigenvalue weighted by Crippen LogP contribution is 2.37. The van der Waals surface area contributed by atoms with Crippen LogP contribution < -0.4 is 20.3 Å². The van der Waals surface area contributed by atoms with Gasteiger partial charge in [0.25, 0.3) is 5.56 Å². The first-order valence-electron chi connectivity index (χ1n) is 9.00. The fourth-order valence-electron chi connectivity index (χ4n) is 3.33. The molecular formula is C23H19ClN2O3. The number of fused-ring (bicyclic) bond motifs is 1. The summed E-state index contributed by atoms with van der Waals surface area (Å²) in [7, 11) is 3.16. The van der Waals surface area contributed by atoms with Crippen LogP contribution in [0.25, 0.3) is 22.0 Å². The fourth-order valence-corrected chi connectivity index (χ4v) is 3.50. The van der Waals surface area contributed by atoms with Crippen molar-refractivity contribution < 1.29 is 9.47 Å². The van der Waals surface area contributed by atoms with Crippen molar-refractivity contribution in [2.75, 3.05) is 19.5 Å². The molecule has 5 nitrogen and oxygen atoms in total. The second-order valence-electron chi connectivity index (χ2n) is 6.45. The lowest BCUT2D eigenvalue weighted by Gasteiger charge is -2.17. The highest BCUT2D eigenvalue weighted by atomic mass is 35.5. The van der Waals surface area contributed by atoms with Crippen LogP contribution in [-0.2, 0) is 0 Å². The minimum Gasteiger partial charge on any atom is -0.497 e. The summed E-state index contributed by atoms with van der Waals surface area (Å²) >= 11 is 6.27. The molecule has 0 fully saturated rings. The van der Waals surface area contributed by atoms with E-state index in [-0.39, 0.29) is 5.56 Å². The molecule has 2 N–H and O–H groups in total. The molecule has 4 rings (SSSR count). The number of aromatic amines is 1. The number of methoxy groups -OCH3 is 2. The van der Waals surface area contributed by atoms with Crippen molar-refractivity contribution in [3.63, 3.8) is 0 Å². The molecule has 0 aliphatic carbocycles. The number of pyridine rings is 1. The van der Waals surface area contributed by atoms with Gasteiger partial charge in [0.2, 0.25) is 0 Å². The van der Waals surface area contributed by atoms with Gasteiger partial charge in [0.15, 0.2) is 0 Å². The summed E-state index contributed by atoms with van der Waals surface area (Å²) in [5.41, 5.74) is 3.21. The van der Waals surface area contributed by atoms with E-state index in [9.17, 15) is 4.79 Å². The van der Waals surface area contributed by atoms with Crippen LogP contribution in [0.15, 0.2) is 71.5 Å². The van der Waals surface area contributed by atoms with E-state index in [4.69, 9.17) is 21.1 Å². The molecular weight excluding hydrogens is 388 g/mol. The number of hydrogen-bond donors (Lipinski definition) is 2. The lowest BCUT2D eigenvalue weighted by molar-refractivity contribution is 0.395. The topological polar surface area (TPSA) is 63.3 Å². The maximum Gasteiger partial charge on any atom is 0.272 e. The zero-order valence-electron chi connectivity index (χ0n) is 16.0. The second-order valence-corrected chi connectivity index (χ2v) is 6.89. The zero-order valence-corrected chi connectivity index (χ0v) is 16.7. The molecule has 0 saturated heterocycles.